The van der Waals surface area contributed by atoms with Crippen LogP contribution in [0.5, 0.6) is 0 Å². The average Bonchev–Trinajstić information content (AvgIpc) is 3.82. The van der Waals surface area contributed by atoms with Gasteiger partial charge >= 0.3 is 0 Å². The number of rotatable bonds is 8. The smallest absolute Gasteiger partial charge is 0.0541 e. The van der Waals surface area contributed by atoms with E-state index in [0.717, 1.165) is 22.6 Å². The highest BCUT2D eigenvalue weighted by Crippen LogP contribution is 2.49. The first kappa shape index (κ1) is 38.5. The van der Waals surface area contributed by atoms with E-state index in [9.17, 15) is 0 Å². The van der Waals surface area contributed by atoms with Gasteiger partial charge in [-0.25, -0.2) is 0 Å². The Labute approximate surface area is 381 Å². The minimum Gasteiger partial charge on any atom is -0.310 e. The number of hydrogen-bond acceptors (Lipinski definition) is 1. The van der Waals surface area contributed by atoms with Crippen LogP contribution in [0.4, 0.5) is 17.1 Å². The second-order valence-corrected chi connectivity index (χ2v) is 17.8. The van der Waals surface area contributed by atoms with E-state index < -0.39 is 0 Å². The zero-order chi connectivity index (χ0) is 43.5. The lowest BCUT2D eigenvalue weighted by Crippen LogP contribution is -2.15. The van der Waals surface area contributed by atoms with Crippen LogP contribution in [0, 0.1) is 0 Å². The lowest BCUT2D eigenvalue weighted by Gasteiger charge is -2.26. The van der Waals surface area contributed by atoms with Crippen molar-refractivity contribution in [1.82, 2.24) is 4.57 Å². The van der Waals surface area contributed by atoms with E-state index in [1.165, 1.54) is 88.7 Å². The summed E-state index contributed by atoms with van der Waals surface area (Å²) in [6, 6.07) is 88.7. The highest BCUT2D eigenvalue weighted by molar-refractivity contribution is 6.10. The monoisotopic (exact) mass is 830 g/mol. The molecule has 0 amide bonds. The van der Waals surface area contributed by atoms with Gasteiger partial charge in [0, 0.05) is 38.9 Å². The Morgan fingerprint density at radius 3 is 1.48 bits per heavy atom. The van der Waals surface area contributed by atoms with Gasteiger partial charge in [-0.05, 0) is 140 Å². The molecule has 0 atom stereocenters. The SMILES string of the molecule is CC1(C)c2ccccc2-c2ccc(-n3c4ccccc4c4cc(-c5cccc(-c6cccc(N(c7ccc(-c8ccccc8)cc7)c7ccc(-c8ccccc8)cc7)c6)c5)ccc43)cc21. The summed E-state index contributed by atoms with van der Waals surface area (Å²) in [6.07, 6.45) is 0. The van der Waals surface area contributed by atoms with Gasteiger partial charge in [-0.15, -0.1) is 0 Å². The fraction of sp³-hybridized carbons (Fsp3) is 0.0476. The second-order valence-electron chi connectivity index (χ2n) is 17.8. The molecule has 0 spiro atoms. The lowest BCUT2D eigenvalue weighted by atomic mass is 9.82. The standard InChI is InChI=1S/C63H46N2/c1-63(2)59-25-11-9-23-55(59)56-37-36-54(42-60(56)63)65-61-26-12-10-24-57(61)58-41-50(31-38-62(58)65)48-20-13-19-47(39-48)49-21-14-22-53(40-49)64(51-32-27-45(28-33-51)43-15-5-3-6-16-43)52-34-29-46(30-35-52)44-17-7-4-8-18-44/h3-42H,1-2H3. The second kappa shape index (κ2) is 15.6. The minimum absolute atomic E-state index is 0.0705. The molecule has 0 N–H and O–H groups in total. The molecule has 2 nitrogen and oxygen atoms in total. The third-order valence-electron chi connectivity index (χ3n) is 13.6. The van der Waals surface area contributed by atoms with E-state index in [1.54, 1.807) is 0 Å². The van der Waals surface area contributed by atoms with Crippen molar-refractivity contribution in [3.8, 4) is 61.3 Å². The van der Waals surface area contributed by atoms with Crippen molar-refractivity contribution in [2.75, 3.05) is 4.90 Å². The van der Waals surface area contributed by atoms with Crippen LogP contribution in [0.25, 0.3) is 83.1 Å². The number of hydrogen-bond donors (Lipinski definition) is 0. The molecule has 0 unspecified atom stereocenters. The third-order valence-corrected chi connectivity index (χ3v) is 13.6. The summed E-state index contributed by atoms with van der Waals surface area (Å²) in [4.78, 5) is 2.36. The highest BCUT2D eigenvalue weighted by Gasteiger charge is 2.35. The molecular weight excluding hydrogens is 785 g/mol. The van der Waals surface area contributed by atoms with E-state index in [2.05, 4.69) is 266 Å². The van der Waals surface area contributed by atoms with E-state index >= 15 is 0 Å². The Morgan fingerprint density at radius 1 is 0.308 bits per heavy atom. The van der Waals surface area contributed by atoms with Crippen LogP contribution in [-0.4, -0.2) is 4.57 Å². The maximum absolute atomic E-state index is 2.45. The Morgan fingerprint density at radius 2 is 0.800 bits per heavy atom. The fourth-order valence-electron chi connectivity index (χ4n) is 10.3. The van der Waals surface area contributed by atoms with E-state index in [1.807, 2.05) is 0 Å². The molecule has 12 rings (SSSR count). The van der Waals surface area contributed by atoms with E-state index in [-0.39, 0.29) is 5.41 Å². The summed E-state index contributed by atoms with van der Waals surface area (Å²) in [5.74, 6) is 0. The number of nitrogens with zero attached hydrogens (tertiary/aromatic N) is 2. The van der Waals surface area contributed by atoms with Crippen molar-refractivity contribution in [3.05, 3.63) is 254 Å². The summed E-state index contributed by atoms with van der Waals surface area (Å²) < 4.78 is 2.45. The van der Waals surface area contributed by atoms with Crippen LogP contribution in [0.3, 0.4) is 0 Å². The molecule has 65 heavy (non-hydrogen) atoms. The first-order chi connectivity index (χ1) is 32.0. The van der Waals surface area contributed by atoms with Crippen LogP contribution >= 0.6 is 0 Å². The largest absolute Gasteiger partial charge is 0.310 e. The normalized spacial score (nSPS) is 12.6. The van der Waals surface area contributed by atoms with Gasteiger partial charge in [0.25, 0.3) is 0 Å². The zero-order valence-electron chi connectivity index (χ0n) is 36.5. The average molecular weight is 831 g/mol. The van der Waals surface area contributed by atoms with Gasteiger partial charge < -0.3 is 9.47 Å². The molecule has 308 valence electrons. The van der Waals surface area contributed by atoms with E-state index in [0.29, 0.717) is 0 Å². The zero-order valence-corrected chi connectivity index (χ0v) is 36.5. The first-order valence-corrected chi connectivity index (χ1v) is 22.6. The molecule has 0 saturated carbocycles. The van der Waals surface area contributed by atoms with Crippen molar-refractivity contribution in [3.63, 3.8) is 0 Å². The highest BCUT2D eigenvalue weighted by atomic mass is 15.1. The molecule has 0 saturated heterocycles. The van der Waals surface area contributed by atoms with Crippen molar-refractivity contribution in [2.24, 2.45) is 0 Å². The Kier molecular flexibility index (Phi) is 9.21. The van der Waals surface area contributed by atoms with Crippen molar-refractivity contribution >= 4 is 38.9 Å². The first-order valence-electron chi connectivity index (χ1n) is 22.6. The van der Waals surface area contributed by atoms with Gasteiger partial charge in [-0.1, -0.05) is 184 Å². The lowest BCUT2D eigenvalue weighted by molar-refractivity contribution is 0.660. The van der Waals surface area contributed by atoms with Crippen molar-refractivity contribution in [1.29, 1.82) is 0 Å². The molecule has 0 bridgehead atoms. The van der Waals surface area contributed by atoms with Gasteiger partial charge in [0.2, 0.25) is 0 Å². The number of fused-ring (bicyclic) bond motifs is 6. The molecule has 0 radical (unpaired) electrons. The maximum Gasteiger partial charge on any atom is 0.0541 e. The summed E-state index contributed by atoms with van der Waals surface area (Å²) >= 11 is 0. The third kappa shape index (κ3) is 6.65. The summed E-state index contributed by atoms with van der Waals surface area (Å²) in [6.45, 7) is 4.71. The summed E-state index contributed by atoms with van der Waals surface area (Å²) in [5, 5.41) is 2.51. The van der Waals surface area contributed by atoms with Gasteiger partial charge in [0.1, 0.15) is 0 Å². The van der Waals surface area contributed by atoms with Gasteiger partial charge in [0.05, 0.1) is 11.0 Å². The van der Waals surface area contributed by atoms with Crippen LogP contribution in [0.15, 0.2) is 243 Å². The molecule has 1 aliphatic carbocycles. The predicted molar refractivity (Wildman–Crippen MR) is 275 cm³/mol. The topological polar surface area (TPSA) is 8.17 Å². The summed E-state index contributed by atoms with van der Waals surface area (Å²) in [5.41, 5.74) is 21.8. The molecule has 1 heterocycles. The molecule has 0 fully saturated rings. The minimum atomic E-state index is -0.0705. The van der Waals surface area contributed by atoms with Gasteiger partial charge in [-0.3, -0.25) is 0 Å². The maximum atomic E-state index is 2.45. The van der Waals surface area contributed by atoms with Crippen LogP contribution in [0.1, 0.15) is 25.0 Å². The Bertz CT molecular complexity index is 3460. The number of para-hydroxylation sites is 1. The molecular formula is C63H46N2. The number of anilines is 3. The quantitative estimate of drug-likeness (QED) is 0.148. The Balaban J connectivity index is 0.913. The molecule has 2 heteroatoms. The van der Waals surface area contributed by atoms with Crippen LogP contribution in [0.2, 0.25) is 0 Å². The predicted octanol–water partition coefficient (Wildman–Crippen LogP) is 17.2. The van der Waals surface area contributed by atoms with Gasteiger partial charge in [-0.2, -0.15) is 0 Å². The van der Waals surface area contributed by atoms with E-state index in [4.69, 9.17) is 0 Å². The number of aromatic nitrogens is 1. The van der Waals surface area contributed by atoms with Crippen LogP contribution in [-0.2, 0) is 5.41 Å². The fourth-order valence-corrected chi connectivity index (χ4v) is 10.3. The molecule has 10 aromatic carbocycles. The summed E-state index contributed by atoms with van der Waals surface area (Å²) in [7, 11) is 0. The van der Waals surface area contributed by atoms with Gasteiger partial charge in [0.15, 0.2) is 0 Å². The molecule has 0 aliphatic heterocycles. The Hall–Kier alpha value is -8.20. The molecule has 11 aromatic rings. The van der Waals surface area contributed by atoms with Crippen molar-refractivity contribution in [2.45, 2.75) is 19.3 Å². The number of benzene rings is 10. The molecule has 1 aliphatic rings. The molecule has 1 aromatic heterocycles. The van der Waals surface area contributed by atoms with Crippen molar-refractivity contribution < 1.29 is 0 Å². The van der Waals surface area contributed by atoms with Crippen LogP contribution < -0.4 is 4.90 Å².